The van der Waals surface area contributed by atoms with Gasteiger partial charge >= 0.3 is 5.97 Å². The molecule has 0 unspecified atom stereocenters. The minimum Gasteiger partial charge on any atom is -0.456 e. The van der Waals surface area contributed by atoms with E-state index in [1.54, 1.807) is 6.08 Å². The summed E-state index contributed by atoms with van der Waals surface area (Å²) < 4.78 is 23.6. The Hall–Kier alpha value is -1.77. The summed E-state index contributed by atoms with van der Waals surface area (Å²) in [6.45, 7) is 9.05. The number of ether oxygens (including phenoxy) is 4. The van der Waals surface area contributed by atoms with Crippen LogP contribution in [0.5, 0.6) is 0 Å². The van der Waals surface area contributed by atoms with E-state index in [2.05, 4.69) is 20.4 Å². The molecule has 2 bridgehead atoms. The topological polar surface area (TPSA) is 97.8 Å². The Kier molecular flexibility index (Phi) is 10.8. The number of aliphatic hydroxyl groups excluding tert-OH is 2. The third kappa shape index (κ3) is 9.16. The van der Waals surface area contributed by atoms with Crippen LogP contribution >= 0.6 is 0 Å². The first-order valence-corrected chi connectivity index (χ1v) is 14.4. The number of aliphatic hydroxyl groups is 2. The van der Waals surface area contributed by atoms with Crippen LogP contribution in [0, 0.1) is 5.92 Å². The first-order valence-electron chi connectivity index (χ1n) is 14.4. The molecule has 38 heavy (non-hydrogen) atoms. The number of carbonyl (C=O) groups is 1. The fourth-order valence-corrected chi connectivity index (χ4v) is 5.95. The number of cyclic esters (lactones) is 1. The zero-order valence-electron chi connectivity index (χ0n) is 23.0. The van der Waals surface area contributed by atoms with Crippen LogP contribution in [-0.2, 0) is 23.7 Å². The quantitative estimate of drug-likeness (QED) is 0.310. The van der Waals surface area contributed by atoms with Gasteiger partial charge in [-0.15, -0.1) is 0 Å². The molecule has 4 rings (SSSR count). The van der Waals surface area contributed by atoms with E-state index in [-0.39, 0.29) is 30.5 Å². The lowest BCUT2D eigenvalue weighted by molar-refractivity contribution is -0.148. The monoisotopic (exact) mass is 530 g/mol. The van der Waals surface area contributed by atoms with Gasteiger partial charge in [-0.05, 0) is 57.8 Å². The normalized spacial score (nSPS) is 39.6. The molecule has 4 aliphatic heterocycles. The predicted octanol–water partition coefficient (Wildman–Crippen LogP) is 4.72. The molecule has 0 radical (unpaired) electrons. The fourth-order valence-electron chi connectivity index (χ4n) is 5.95. The van der Waals surface area contributed by atoms with Crippen molar-refractivity contribution in [3.05, 3.63) is 48.1 Å². The van der Waals surface area contributed by atoms with E-state index in [1.165, 1.54) is 11.6 Å². The van der Waals surface area contributed by atoms with Gasteiger partial charge in [0.2, 0.25) is 0 Å². The highest BCUT2D eigenvalue weighted by molar-refractivity contribution is 5.82. The van der Waals surface area contributed by atoms with Crippen LogP contribution in [0.2, 0.25) is 0 Å². The second-order valence-corrected chi connectivity index (χ2v) is 11.7. The molecule has 0 amide bonds. The molecule has 0 spiro atoms. The second kappa shape index (κ2) is 14.0. The highest BCUT2D eigenvalue weighted by atomic mass is 16.6. The highest BCUT2D eigenvalue weighted by Gasteiger charge is 2.46. The molecule has 0 aromatic heterocycles. The van der Waals surface area contributed by atoms with E-state index >= 15 is 0 Å². The lowest BCUT2D eigenvalue weighted by Crippen LogP contribution is -2.32. The molecule has 2 saturated heterocycles. The smallest absolute Gasteiger partial charge is 0.330 e. The lowest BCUT2D eigenvalue weighted by atomic mass is 9.91. The predicted molar refractivity (Wildman–Crippen MR) is 145 cm³/mol. The second-order valence-electron chi connectivity index (χ2n) is 11.7. The molecule has 212 valence electrons. The van der Waals surface area contributed by atoms with E-state index in [0.717, 1.165) is 50.5 Å². The molecule has 2 fully saturated rings. The molecule has 0 aliphatic carbocycles. The zero-order valence-corrected chi connectivity index (χ0v) is 23.0. The van der Waals surface area contributed by atoms with Gasteiger partial charge in [0.25, 0.3) is 0 Å². The summed E-state index contributed by atoms with van der Waals surface area (Å²) in [4.78, 5) is 12.7. The van der Waals surface area contributed by atoms with Crippen LogP contribution in [0.1, 0.15) is 78.1 Å². The molecule has 0 aromatic rings. The summed E-state index contributed by atoms with van der Waals surface area (Å²) in [6, 6.07) is 0. The van der Waals surface area contributed by atoms with Gasteiger partial charge < -0.3 is 29.2 Å². The Morgan fingerprint density at radius 3 is 2.68 bits per heavy atom. The third-order valence-electron chi connectivity index (χ3n) is 8.04. The molecule has 9 atom stereocenters. The van der Waals surface area contributed by atoms with E-state index in [1.807, 2.05) is 18.2 Å². The molecule has 0 aromatic carbocycles. The van der Waals surface area contributed by atoms with Crippen molar-refractivity contribution < 1.29 is 34.0 Å². The van der Waals surface area contributed by atoms with Gasteiger partial charge in [0, 0.05) is 12.5 Å². The summed E-state index contributed by atoms with van der Waals surface area (Å²) in [5.41, 5.74) is 2.26. The average molecular weight is 531 g/mol. The first kappa shape index (κ1) is 29.2. The molecular formula is C31H46O7. The van der Waals surface area contributed by atoms with Gasteiger partial charge in [0.05, 0.1) is 37.1 Å². The van der Waals surface area contributed by atoms with Crippen molar-refractivity contribution in [2.24, 2.45) is 5.92 Å². The standard InChI is InChI=1S/C31H46O7/c1-20-13-14-35-24(16-20)11-12-26(32)28-19-29-31(38-29)27(33)18-22(3)15-21(2)17-25-8-5-4-7-23(36-25)9-6-10-30(34)37-28/h6,10-13,21,23-29,31-33H,3-5,7-9,14-19H2,1-2H3/b10-6-,12-11+/t21-,23-,24+,25-,26-,27-,28-,29-,31-/m0/s1. The Morgan fingerprint density at radius 2 is 1.89 bits per heavy atom. The SMILES string of the molecule is C=C1C[C@H](C)C[C@@H]2CCCC[C@@H](C/C=C\C(=O)O[C@H]([C@@H](O)/C=C/[C@@H]3CC(C)=CCO3)C[C@@H]3O[C@H]3[C@@H](O)C1)O2. The average Bonchev–Trinajstić information content (AvgIpc) is 3.65. The minimum absolute atomic E-state index is 0.0839. The number of rotatable bonds is 3. The van der Waals surface area contributed by atoms with Crippen molar-refractivity contribution in [3.8, 4) is 0 Å². The van der Waals surface area contributed by atoms with Crippen molar-refractivity contribution in [1.82, 2.24) is 0 Å². The summed E-state index contributed by atoms with van der Waals surface area (Å²) >= 11 is 0. The highest BCUT2D eigenvalue weighted by Crippen LogP contribution is 2.35. The van der Waals surface area contributed by atoms with Crippen LogP contribution in [0.25, 0.3) is 0 Å². The molecule has 7 nitrogen and oxygen atoms in total. The van der Waals surface area contributed by atoms with Gasteiger partial charge in [0.15, 0.2) is 0 Å². The summed E-state index contributed by atoms with van der Waals surface area (Å²) in [6.07, 6.45) is 14.1. The number of hydrogen-bond donors (Lipinski definition) is 2. The molecule has 2 N–H and O–H groups in total. The summed E-state index contributed by atoms with van der Waals surface area (Å²) in [5.74, 6) is -0.0845. The number of esters is 1. The van der Waals surface area contributed by atoms with Crippen molar-refractivity contribution in [1.29, 1.82) is 0 Å². The van der Waals surface area contributed by atoms with Gasteiger partial charge in [-0.1, -0.05) is 61.8 Å². The Morgan fingerprint density at radius 1 is 1.11 bits per heavy atom. The molecular weight excluding hydrogens is 484 g/mol. The van der Waals surface area contributed by atoms with E-state index < -0.39 is 24.3 Å². The van der Waals surface area contributed by atoms with E-state index in [9.17, 15) is 15.0 Å². The van der Waals surface area contributed by atoms with Gasteiger partial charge in [0.1, 0.15) is 18.3 Å². The molecule has 4 aliphatic rings. The van der Waals surface area contributed by atoms with E-state index in [0.29, 0.717) is 31.8 Å². The maximum atomic E-state index is 12.7. The third-order valence-corrected chi connectivity index (χ3v) is 8.04. The first-order chi connectivity index (χ1) is 18.3. The maximum absolute atomic E-state index is 12.7. The Labute approximate surface area is 227 Å². The number of epoxide rings is 1. The largest absolute Gasteiger partial charge is 0.456 e. The van der Waals surface area contributed by atoms with Crippen LogP contribution in [0.3, 0.4) is 0 Å². The van der Waals surface area contributed by atoms with Crippen molar-refractivity contribution in [2.75, 3.05) is 6.61 Å². The Bertz CT molecular complexity index is 893. The lowest BCUT2D eigenvalue weighted by Gasteiger charge is -2.25. The summed E-state index contributed by atoms with van der Waals surface area (Å²) in [5, 5.41) is 21.8. The van der Waals surface area contributed by atoms with Gasteiger partial charge in [-0.3, -0.25) is 0 Å². The van der Waals surface area contributed by atoms with Crippen molar-refractivity contribution in [3.63, 3.8) is 0 Å². The molecule has 4 heterocycles. The molecule has 0 saturated carbocycles. The molecule has 7 heteroatoms. The fraction of sp³-hybridized carbons (Fsp3) is 0.710. The van der Waals surface area contributed by atoms with Crippen LogP contribution in [0.4, 0.5) is 0 Å². The van der Waals surface area contributed by atoms with Crippen molar-refractivity contribution >= 4 is 5.97 Å². The maximum Gasteiger partial charge on any atom is 0.330 e. The van der Waals surface area contributed by atoms with Gasteiger partial charge in [-0.2, -0.15) is 0 Å². The van der Waals surface area contributed by atoms with Crippen LogP contribution in [0.15, 0.2) is 48.1 Å². The van der Waals surface area contributed by atoms with Crippen LogP contribution < -0.4 is 0 Å². The van der Waals surface area contributed by atoms with Gasteiger partial charge in [-0.25, -0.2) is 4.79 Å². The number of hydrogen-bond acceptors (Lipinski definition) is 7. The summed E-state index contributed by atoms with van der Waals surface area (Å²) in [7, 11) is 0. The number of carbonyl (C=O) groups excluding carboxylic acids is 1. The van der Waals surface area contributed by atoms with E-state index in [4.69, 9.17) is 18.9 Å². The van der Waals surface area contributed by atoms with Crippen molar-refractivity contribution in [2.45, 2.75) is 127 Å². The minimum atomic E-state index is -1.02. The number of fused-ring (bicyclic) bond motifs is 3. The Balaban J connectivity index is 1.45. The van der Waals surface area contributed by atoms with Crippen LogP contribution in [-0.4, -0.2) is 71.6 Å². The zero-order chi connectivity index (χ0) is 27.1.